The van der Waals surface area contributed by atoms with E-state index in [1.165, 1.54) is 5.69 Å². The number of likely N-dealkylation sites (tertiary alicyclic amines) is 1. The van der Waals surface area contributed by atoms with Gasteiger partial charge in [-0.05, 0) is 51.3 Å². The molecule has 5 heteroatoms. The molecule has 5 nitrogen and oxygen atoms in total. The molecule has 1 aromatic heterocycles. The van der Waals surface area contributed by atoms with E-state index in [-0.39, 0.29) is 5.91 Å². The van der Waals surface area contributed by atoms with Crippen LogP contribution in [0.2, 0.25) is 0 Å². The lowest BCUT2D eigenvalue weighted by Gasteiger charge is -2.33. The van der Waals surface area contributed by atoms with E-state index in [4.69, 9.17) is 4.74 Å². The van der Waals surface area contributed by atoms with Crippen molar-refractivity contribution in [2.45, 2.75) is 45.6 Å². The fraction of sp³-hybridized carbons (Fsp3) is 0.500. The zero-order valence-corrected chi connectivity index (χ0v) is 15.1. The van der Waals surface area contributed by atoms with Gasteiger partial charge >= 0.3 is 0 Å². The van der Waals surface area contributed by atoms with Crippen molar-refractivity contribution in [3.05, 3.63) is 47.8 Å². The molecular weight excluding hydrogens is 314 g/mol. The van der Waals surface area contributed by atoms with Crippen LogP contribution in [0.4, 0.5) is 0 Å². The minimum atomic E-state index is 0.225. The number of nitrogens with zero attached hydrogens (tertiary/aromatic N) is 3. The van der Waals surface area contributed by atoms with Crippen LogP contribution in [0.15, 0.2) is 36.4 Å². The zero-order chi connectivity index (χ0) is 17.6. The SMILES string of the molecule is Cc1cc(C)n([C@@H]2CCCN(C(=O)CCCOc3ccccc3)C2)n1. The van der Waals surface area contributed by atoms with Crippen LogP contribution in [-0.4, -0.2) is 40.3 Å². The van der Waals surface area contributed by atoms with Crippen LogP contribution in [0.3, 0.4) is 0 Å². The lowest BCUT2D eigenvalue weighted by molar-refractivity contribution is -0.133. The van der Waals surface area contributed by atoms with Gasteiger partial charge in [-0.1, -0.05) is 18.2 Å². The third kappa shape index (κ3) is 4.62. The summed E-state index contributed by atoms with van der Waals surface area (Å²) < 4.78 is 7.76. The molecule has 0 radical (unpaired) electrons. The fourth-order valence-corrected chi connectivity index (χ4v) is 3.48. The van der Waals surface area contributed by atoms with Crippen LogP contribution in [0.1, 0.15) is 43.1 Å². The van der Waals surface area contributed by atoms with Gasteiger partial charge in [0, 0.05) is 25.2 Å². The van der Waals surface area contributed by atoms with Crippen molar-refractivity contribution in [1.82, 2.24) is 14.7 Å². The smallest absolute Gasteiger partial charge is 0.222 e. The third-order valence-corrected chi connectivity index (χ3v) is 4.69. The number of hydrogen-bond donors (Lipinski definition) is 0. The minimum Gasteiger partial charge on any atom is -0.494 e. The van der Waals surface area contributed by atoms with Gasteiger partial charge in [0.05, 0.1) is 18.3 Å². The number of hydrogen-bond acceptors (Lipinski definition) is 3. The van der Waals surface area contributed by atoms with Gasteiger partial charge in [0.25, 0.3) is 0 Å². The Morgan fingerprint density at radius 1 is 1.28 bits per heavy atom. The minimum absolute atomic E-state index is 0.225. The van der Waals surface area contributed by atoms with Crippen LogP contribution >= 0.6 is 0 Å². The highest BCUT2D eigenvalue weighted by molar-refractivity contribution is 5.76. The molecule has 0 bridgehead atoms. The first-order chi connectivity index (χ1) is 12.1. The van der Waals surface area contributed by atoms with Crippen LogP contribution in [-0.2, 0) is 4.79 Å². The predicted molar refractivity (Wildman–Crippen MR) is 97.7 cm³/mol. The van der Waals surface area contributed by atoms with Crippen LogP contribution in [0.25, 0.3) is 0 Å². The summed E-state index contributed by atoms with van der Waals surface area (Å²) in [5.41, 5.74) is 2.21. The van der Waals surface area contributed by atoms with E-state index >= 15 is 0 Å². The van der Waals surface area contributed by atoms with E-state index in [1.54, 1.807) is 0 Å². The summed E-state index contributed by atoms with van der Waals surface area (Å²) in [6.45, 7) is 6.29. The number of aryl methyl sites for hydroxylation is 2. The molecule has 1 aliphatic heterocycles. The molecule has 2 aromatic rings. The molecule has 25 heavy (non-hydrogen) atoms. The van der Waals surface area contributed by atoms with Gasteiger partial charge in [-0.2, -0.15) is 5.10 Å². The molecule has 2 heterocycles. The maximum absolute atomic E-state index is 12.5. The highest BCUT2D eigenvalue weighted by Crippen LogP contribution is 2.23. The van der Waals surface area contributed by atoms with Crippen LogP contribution < -0.4 is 4.74 Å². The Kier molecular flexibility index (Phi) is 5.74. The number of para-hydroxylation sites is 1. The largest absolute Gasteiger partial charge is 0.494 e. The van der Waals surface area contributed by atoms with Gasteiger partial charge in [0.2, 0.25) is 5.91 Å². The van der Waals surface area contributed by atoms with Crippen molar-refractivity contribution in [3.63, 3.8) is 0 Å². The molecule has 1 aliphatic rings. The number of benzene rings is 1. The molecule has 3 rings (SSSR count). The van der Waals surface area contributed by atoms with Gasteiger partial charge < -0.3 is 9.64 Å². The molecule has 0 aliphatic carbocycles. The molecule has 1 fully saturated rings. The average Bonchev–Trinajstić information content (AvgIpc) is 2.98. The van der Waals surface area contributed by atoms with Gasteiger partial charge in [0.1, 0.15) is 5.75 Å². The fourth-order valence-electron chi connectivity index (χ4n) is 3.48. The zero-order valence-electron chi connectivity index (χ0n) is 15.1. The predicted octanol–water partition coefficient (Wildman–Crippen LogP) is 3.52. The summed E-state index contributed by atoms with van der Waals surface area (Å²) in [5.74, 6) is 1.08. The number of carbonyl (C=O) groups excluding carboxylic acids is 1. The number of rotatable bonds is 6. The standard InChI is InChI=1S/C20H27N3O2/c1-16-14-17(2)23(21-16)18-8-6-12-22(15-18)20(24)11-7-13-25-19-9-4-3-5-10-19/h3-5,9-10,14,18H,6-8,11-13,15H2,1-2H3/t18-/m1/s1. The second kappa shape index (κ2) is 8.19. The van der Waals surface area contributed by atoms with Crippen molar-refractivity contribution in [3.8, 4) is 5.75 Å². The molecule has 1 atom stereocenters. The number of aromatic nitrogens is 2. The Morgan fingerprint density at radius 3 is 2.80 bits per heavy atom. The number of ether oxygens (including phenoxy) is 1. The Balaban J connectivity index is 1.46. The van der Waals surface area contributed by atoms with Crippen LogP contribution in [0, 0.1) is 13.8 Å². The summed E-state index contributed by atoms with van der Waals surface area (Å²) >= 11 is 0. The van der Waals surface area contributed by atoms with Crippen molar-refractivity contribution in [2.75, 3.05) is 19.7 Å². The third-order valence-electron chi connectivity index (χ3n) is 4.69. The van der Waals surface area contributed by atoms with E-state index in [9.17, 15) is 4.79 Å². The molecule has 0 saturated carbocycles. The lowest BCUT2D eigenvalue weighted by Crippen LogP contribution is -2.41. The quantitative estimate of drug-likeness (QED) is 0.755. The molecule has 0 unspecified atom stereocenters. The second-order valence-electron chi connectivity index (χ2n) is 6.77. The molecule has 1 saturated heterocycles. The van der Waals surface area contributed by atoms with Gasteiger partial charge in [-0.3, -0.25) is 9.48 Å². The highest BCUT2D eigenvalue weighted by Gasteiger charge is 2.25. The summed E-state index contributed by atoms with van der Waals surface area (Å²) in [7, 11) is 0. The topological polar surface area (TPSA) is 47.4 Å². The Labute approximate surface area is 149 Å². The van der Waals surface area contributed by atoms with Crippen molar-refractivity contribution < 1.29 is 9.53 Å². The molecule has 0 N–H and O–H groups in total. The lowest BCUT2D eigenvalue weighted by atomic mass is 10.0. The highest BCUT2D eigenvalue weighted by atomic mass is 16.5. The summed E-state index contributed by atoms with van der Waals surface area (Å²) in [5, 5.41) is 4.60. The van der Waals surface area contributed by atoms with E-state index in [0.717, 1.165) is 43.8 Å². The molecule has 1 aromatic carbocycles. The van der Waals surface area contributed by atoms with Crippen LogP contribution in [0.5, 0.6) is 5.75 Å². The summed E-state index contributed by atoms with van der Waals surface area (Å²) in [6.07, 6.45) is 3.41. The second-order valence-corrected chi connectivity index (χ2v) is 6.77. The summed E-state index contributed by atoms with van der Waals surface area (Å²) in [6, 6.07) is 12.1. The van der Waals surface area contributed by atoms with E-state index < -0.39 is 0 Å². The summed E-state index contributed by atoms with van der Waals surface area (Å²) in [4.78, 5) is 14.5. The molecular formula is C20H27N3O2. The number of amides is 1. The molecule has 0 spiro atoms. The molecule has 134 valence electrons. The maximum Gasteiger partial charge on any atom is 0.222 e. The Bertz CT molecular complexity index is 696. The molecule has 1 amide bonds. The van der Waals surface area contributed by atoms with Gasteiger partial charge in [-0.25, -0.2) is 0 Å². The number of piperidine rings is 1. The van der Waals surface area contributed by atoms with Crippen molar-refractivity contribution in [2.24, 2.45) is 0 Å². The van der Waals surface area contributed by atoms with Gasteiger partial charge in [0.15, 0.2) is 0 Å². The normalized spacial score (nSPS) is 17.5. The number of carbonyl (C=O) groups is 1. The Morgan fingerprint density at radius 2 is 2.08 bits per heavy atom. The van der Waals surface area contributed by atoms with E-state index in [2.05, 4.69) is 22.8 Å². The maximum atomic E-state index is 12.5. The first-order valence-corrected chi connectivity index (χ1v) is 9.12. The Hall–Kier alpha value is -2.30. The van der Waals surface area contributed by atoms with Crippen molar-refractivity contribution in [1.29, 1.82) is 0 Å². The monoisotopic (exact) mass is 341 g/mol. The van der Waals surface area contributed by atoms with Crippen molar-refractivity contribution >= 4 is 5.91 Å². The first-order valence-electron chi connectivity index (χ1n) is 9.12. The van der Waals surface area contributed by atoms with Gasteiger partial charge in [-0.15, -0.1) is 0 Å². The van der Waals surface area contributed by atoms with E-state index in [1.807, 2.05) is 42.2 Å². The van der Waals surface area contributed by atoms with E-state index in [0.29, 0.717) is 19.1 Å². The average molecular weight is 341 g/mol. The first kappa shape index (κ1) is 17.5.